The van der Waals surface area contributed by atoms with Crippen LogP contribution in [0.3, 0.4) is 0 Å². The zero-order valence-electron chi connectivity index (χ0n) is 18.7. The number of carbonyl (C=O) groups excluding carboxylic acids is 1. The minimum Gasteiger partial charge on any atom is -0.341 e. The Morgan fingerprint density at radius 2 is 1.75 bits per heavy atom. The predicted molar refractivity (Wildman–Crippen MR) is 115 cm³/mol. The highest BCUT2D eigenvalue weighted by Gasteiger charge is 2.44. The lowest BCUT2D eigenvalue weighted by molar-refractivity contribution is -0.137. The molecule has 180 valence electrons. The van der Waals surface area contributed by atoms with Crippen LogP contribution >= 0.6 is 0 Å². The molecule has 0 bridgehead atoms. The Bertz CT molecular complexity index is 908. The molecule has 1 saturated carbocycles. The van der Waals surface area contributed by atoms with Gasteiger partial charge in [0.05, 0.1) is 16.5 Å². The molecule has 1 atom stereocenters. The van der Waals surface area contributed by atoms with Gasteiger partial charge in [-0.2, -0.15) is 17.5 Å². The summed E-state index contributed by atoms with van der Waals surface area (Å²) in [6.45, 7) is 4.97. The molecule has 1 aromatic rings. The number of likely N-dealkylation sites (tertiary alicyclic amines) is 1. The van der Waals surface area contributed by atoms with Crippen LogP contribution in [0.5, 0.6) is 0 Å². The van der Waals surface area contributed by atoms with E-state index in [-0.39, 0.29) is 28.9 Å². The summed E-state index contributed by atoms with van der Waals surface area (Å²) in [5.74, 6) is 0.371. The van der Waals surface area contributed by atoms with Crippen molar-refractivity contribution in [3.05, 3.63) is 29.8 Å². The molecule has 6 nitrogen and oxygen atoms in total. The molecule has 1 aliphatic heterocycles. The van der Waals surface area contributed by atoms with Gasteiger partial charge >= 0.3 is 6.18 Å². The minimum absolute atomic E-state index is 0.0124. The molecule has 32 heavy (non-hydrogen) atoms. The van der Waals surface area contributed by atoms with Gasteiger partial charge < -0.3 is 10.2 Å². The number of carbonyl (C=O) groups is 1. The summed E-state index contributed by atoms with van der Waals surface area (Å²) in [5, 5.41) is 3.07. The maximum atomic E-state index is 13.4. The van der Waals surface area contributed by atoms with Gasteiger partial charge in [-0.3, -0.25) is 4.79 Å². The van der Waals surface area contributed by atoms with E-state index in [2.05, 4.69) is 19.2 Å². The van der Waals surface area contributed by atoms with E-state index in [9.17, 15) is 26.4 Å². The van der Waals surface area contributed by atoms with Crippen LogP contribution in [0.2, 0.25) is 0 Å². The first-order chi connectivity index (χ1) is 14.9. The Kier molecular flexibility index (Phi) is 7.56. The topological polar surface area (TPSA) is 69.7 Å². The quantitative estimate of drug-likeness (QED) is 0.625. The van der Waals surface area contributed by atoms with Crippen LogP contribution in [0.25, 0.3) is 0 Å². The zero-order valence-corrected chi connectivity index (χ0v) is 19.5. The van der Waals surface area contributed by atoms with Gasteiger partial charge in [-0.05, 0) is 63.3 Å². The minimum atomic E-state index is -4.61. The lowest BCUT2D eigenvalue weighted by Gasteiger charge is -2.39. The van der Waals surface area contributed by atoms with E-state index in [0.717, 1.165) is 12.1 Å². The van der Waals surface area contributed by atoms with Crippen LogP contribution in [-0.2, 0) is 21.0 Å². The third-order valence-electron chi connectivity index (χ3n) is 6.13. The number of sulfonamides is 1. The fourth-order valence-corrected chi connectivity index (χ4v) is 6.33. The van der Waals surface area contributed by atoms with Crippen molar-refractivity contribution in [3.8, 4) is 0 Å². The Balaban J connectivity index is 1.75. The number of halogens is 3. The maximum Gasteiger partial charge on any atom is 0.416 e. The number of benzene rings is 1. The largest absolute Gasteiger partial charge is 0.416 e. The molecule has 0 aromatic heterocycles. The smallest absolute Gasteiger partial charge is 0.341 e. The lowest BCUT2D eigenvalue weighted by atomic mass is 10.00. The third-order valence-corrected chi connectivity index (χ3v) is 8.13. The van der Waals surface area contributed by atoms with Crippen LogP contribution < -0.4 is 5.32 Å². The fourth-order valence-electron chi connectivity index (χ4n) is 4.35. The second-order valence-corrected chi connectivity index (χ2v) is 11.0. The first kappa shape index (κ1) is 25.0. The third kappa shape index (κ3) is 5.63. The van der Waals surface area contributed by atoms with Crippen LogP contribution in [-0.4, -0.2) is 61.8 Å². The second kappa shape index (κ2) is 9.69. The van der Waals surface area contributed by atoms with Crippen molar-refractivity contribution in [1.29, 1.82) is 0 Å². The Morgan fingerprint density at radius 1 is 1.16 bits per heavy atom. The molecule has 1 saturated heterocycles. The van der Waals surface area contributed by atoms with E-state index in [0.29, 0.717) is 57.2 Å². The van der Waals surface area contributed by atoms with E-state index in [4.69, 9.17) is 0 Å². The van der Waals surface area contributed by atoms with E-state index in [1.807, 2.05) is 0 Å². The number of alkyl halides is 3. The van der Waals surface area contributed by atoms with E-state index >= 15 is 0 Å². The first-order valence-corrected chi connectivity index (χ1v) is 12.6. The van der Waals surface area contributed by atoms with Gasteiger partial charge in [0.25, 0.3) is 0 Å². The highest BCUT2D eigenvalue weighted by atomic mass is 32.2. The van der Waals surface area contributed by atoms with Crippen molar-refractivity contribution >= 4 is 15.9 Å². The Hall–Kier alpha value is -1.65. The fraction of sp³-hybridized carbons (Fsp3) is 0.682. The Morgan fingerprint density at radius 3 is 2.25 bits per heavy atom. The Labute approximate surface area is 188 Å². The normalized spacial score (nSPS) is 19.6. The molecule has 3 rings (SSSR count). The van der Waals surface area contributed by atoms with Gasteiger partial charge in [0.15, 0.2) is 0 Å². The summed E-state index contributed by atoms with van der Waals surface area (Å²) >= 11 is 0. The number of nitrogens with zero attached hydrogens (tertiary/aromatic N) is 2. The summed E-state index contributed by atoms with van der Waals surface area (Å²) in [6, 6.07) is 3.15. The number of piperidine rings is 1. The summed E-state index contributed by atoms with van der Waals surface area (Å²) in [5.41, 5.74) is -0.974. The number of likely N-dealkylation sites (N-methyl/N-ethyl adjacent to an activating group) is 1. The summed E-state index contributed by atoms with van der Waals surface area (Å²) in [6.07, 6.45) is -1.55. The van der Waals surface area contributed by atoms with Crippen molar-refractivity contribution in [1.82, 2.24) is 14.5 Å². The molecule has 0 unspecified atom stereocenters. The van der Waals surface area contributed by atoms with Crippen molar-refractivity contribution in [2.75, 3.05) is 20.1 Å². The van der Waals surface area contributed by atoms with Gasteiger partial charge in [-0.25, -0.2) is 8.42 Å². The van der Waals surface area contributed by atoms with Crippen LogP contribution in [0.4, 0.5) is 13.2 Å². The molecule has 1 aromatic carbocycles. The van der Waals surface area contributed by atoms with E-state index < -0.39 is 21.8 Å². The molecule has 1 heterocycles. The van der Waals surface area contributed by atoms with E-state index in [1.54, 1.807) is 11.9 Å². The number of rotatable bonds is 8. The first-order valence-electron chi connectivity index (χ1n) is 11.1. The van der Waals surface area contributed by atoms with Gasteiger partial charge in [-0.1, -0.05) is 19.9 Å². The van der Waals surface area contributed by atoms with Gasteiger partial charge in [0.2, 0.25) is 15.9 Å². The van der Waals surface area contributed by atoms with E-state index in [1.165, 1.54) is 10.4 Å². The average Bonchev–Trinajstić information content (AvgIpc) is 3.56. The van der Waals surface area contributed by atoms with Gasteiger partial charge in [-0.15, -0.1) is 0 Å². The van der Waals surface area contributed by atoms with Gasteiger partial charge in [0.1, 0.15) is 0 Å². The standard InChI is InChI=1S/C22H32F3N3O3S/c1-15(2)13-20(26-3)21(29)27-11-9-18(10-12-27)28(17-7-8-17)32(30,31)19-6-4-5-16(14-19)22(23,24)25/h4-6,14-15,17-18,20,26H,7-13H2,1-3H3/t20-/m0/s1. The molecule has 10 heteroatoms. The van der Waals surface area contributed by atoms with Crippen LogP contribution in [0, 0.1) is 5.92 Å². The number of nitrogens with one attached hydrogen (secondary N) is 1. The zero-order chi connectivity index (χ0) is 23.7. The molecular weight excluding hydrogens is 443 g/mol. The predicted octanol–water partition coefficient (Wildman–Crippen LogP) is 3.48. The average molecular weight is 476 g/mol. The van der Waals surface area contributed by atoms with Gasteiger partial charge in [0, 0.05) is 25.2 Å². The van der Waals surface area contributed by atoms with Crippen LogP contribution in [0.1, 0.15) is 51.5 Å². The molecule has 1 aliphatic carbocycles. The molecule has 1 N–H and O–H groups in total. The molecule has 2 fully saturated rings. The summed E-state index contributed by atoms with van der Waals surface area (Å²) < 4.78 is 67.5. The second-order valence-electron chi connectivity index (χ2n) is 9.12. The van der Waals surface area contributed by atoms with Crippen molar-refractivity contribution in [2.45, 2.75) is 75.1 Å². The SMILES string of the molecule is CN[C@@H](CC(C)C)C(=O)N1CCC(N(C2CC2)S(=O)(=O)c2cccc(C(F)(F)F)c2)CC1. The van der Waals surface area contributed by atoms with Crippen LogP contribution in [0.15, 0.2) is 29.2 Å². The molecule has 2 aliphatic rings. The molecule has 1 amide bonds. The van der Waals surface area contributed by atoms with Crippen molar-refractivity contribution < 1.29 is 26.4 Å². The maximum absolute atomic E-state index is 13.4. The molecule has 0 radical (unpaired) electrons. The number of hydrogen-bond donors (Lipinski definition) is 1. The van der Waals surface area contributed by atoms with Crippen molar-refractivity contribution in [3.63, 3.8) is 0 Å². The summed E-state index contributed by atoms with van der Waals surface area (Å²) in [4.78, 5) is 14.3. The molecule has 0 spiro atoms. The lowest BCUT2D eigenvalue weighted by Crippen LogP contribution is -2.53. The highest BCUT2D eigenvalue weighted by molar-refractivity contribution is 7.89. The number of amides is 1. The monoisotopic (exact) mass is 475 g/mol. The number of hydrogen-bond acceptors (Lipinski definition) is 4. The molecular formula is C22H32F3N3O3S. The highest BCUT2D eigenvalue weighted by Crippen LogP contribution is 2.38. The van der Waals surface area contributed by atoms with Crippen molar-refractivity contribution in [2.24, 2.45) is 5.92 Å². The summed E-state index contributed by atoms with van der Waals surface area (Å²) in [7, 11) is -2.32.